The van der Waals surface area contributed by atoms with E-state index >= 15 is 0 Å². The zero-order valence-corrected chi connectivity index (χ0v) is 24.2. The number of carboxylic acid groups (broad SMARTS) is 1. The summed E-state index contributed by atoms with van der Waals surface area (Å²) < 4.78 is 31.9. The van der Waals surface area contributed by atoms with Crippen LogP contribution in [0.25, 0.3) is 0 Å². The van der Waals surface area contributed by atoms with Gasteiger partial charge in [-0.1, -0.05) is 45.4 Å². The third-order valence-electron chi connectivity index (χ3n) is 11.3. The second-order valence-corrected chi connectivity index (χ2v) is 13.4. The van der Waals surface area contributed by atoms with Gasteiger partial charge in [0.2, 0.25) is 0 Å². The summed E-state index contributed by atoms with van der Waals surface area (Å²) in [5.41, 5.74) is -1.54. The molecule has 1 saturated heterocycles. The number of aldehydes is 1. The zero-order chi connectivity index (χ0) is 28.3. The van der Waals surface area contributed by atoms with Crippen LogP contribution in [0.2, 0.25) is 0 Å². The molecule has 8 heteroatoms. The Balaban J connectivity index is 1.51. The molecule has 0 spiro atoms. The van der Waals surface area contributed by atoms with Gasteiger partial charge in [-0.3, -0.25) is 9.69 Å². The van der Waals surface area contributed by atoms with Gasteiger partial charge in [-0.25, -0.2) is 4.39 Å². The molecule has 3 saturated carbocycles. The van der Waals surface area contributed by atoms with Gasteiger partial charge in [0.25, 0.3) is 0 Å². The van der Waals surface area contributed by atoms with Crippen LogP contribution in [-0.4, -0.2) is 80.8 Å². The van der Waals surface area contributed by atoms with Crippen LogP contribution in [0.15, 0.2) is 23.8 Å². The Morgan fingerprint density at radius 2 is 2.05 bits per heavy atom. The number of rotatable bonds is 10. The Kier molecular flexibility index (Phi) is 7.66. The molecule has 4 fully saturated rings. The Hall–Kier alpha value is -1.61. The number of nitrogens with zero attached hydrogens (tertiary/aromatic N) is 1. The number of fused-ring (bicyclic) bond motifs is 2. The number of methoxy groups -OCH3 is 1. The van der Waals surface area contributed by atoms with Gasteiger partial charge in [-0.15, -0.1) is 0 Å². The number of hydrogen-bond acceptors (Lipinski definition) is 6. The first-order valence-corrected chi connectivity index (χ1v) is 14.7. The summed E-state index contributed by atoms with van der Waals surface area (Å²) in [6, 6.07) is 0. The number of halogens is 1. The van der Waals surface area contributed by atoms with Crippen LogP contribution in [0.4, 0.5) is 4.39 Å². The lowest BCUT2D eigenvalue weighted by atomic mass is 9.43. The van der Waals surface area contributed by atoms with E-state index in [1.165, 1.54) is 0 Å². The number of carbonyl (C=O) groups is 2. The highest BCUT2D eigenvalue weighted by Gasteiger charge is 2.84. The van der Waals surface area contributed by atoms with E-state index in [9.17, 15) is 19.1 Å². The fraction of sp³-hybridized carbons (Fsp3) is 0.806. The number of aliphatic carboxylic acids is 1. The first kappa shape index (κ1) is 28.9. The Morgan fingerprint density at radius 1 is 1.31 bits per heavy atom. The van der Waals surface area contributed by atoms with Crippen molar-refractivity contribution >= 4 is 12.3 Å². The van der Waals surface area contributed by atoms with Gasteiger partial charge in [0, 0.05) is 32.2 Å². The lowest BCUT2D eigenvalue weighted by Gasteiger charge is -2.58. The standard InChI is InChI=1S/C31H46FNO6/c1-18(2)25-9-22-10-29(16-34)24-8-7-20(4)23(24)11-30(22,31(25,29)28(35)36)17-38-27-15-33(13-19(3)12-32)14-26(37-6)21(5)39-27/h9,16,18,20-24,26-27H,3,7-8,10-15,17H2,1-2,4-6H3,(H,35,36)/t20-,21-,22?,23?,24?,26+,27-,29+,30?,31?/m1/s1. The topological polar surface area (TPSA) is 85.3 Å². The smallest absolute Gasteiger partial charge is 0.315 e. The molecule has 7 nitrogen and oxygen atoms in total. The highest BCUT2D eigenvalue weighted by atomic mass is 19.1. The second kappa shape index (κ2) is 10.3. The van der Waals surface area contributed by atoms with E-state index in [1.54, 1.807) is 7.11 Å². The van der Waals surface area contributed by atoms with Crippen molar-refractivity contribution in [3.05, 3.63) is 23.8 Å². The van der Waals surface area contributed by atoms with Crippen LogP contribution in [0.3, 0.4) is 0 Å². The molecule has 4 bridgehead atoms. The number of carboxylic acids is 1. The van der Waals surface area contributed by atoms with Crippen molar-refractivity contribution in [2.75, 3.05) is 40.0 Å². The third kappa shape index (κ3) is 3.95. The van der Waals surface area contributed by atoms with Gasteiger partial charge in [0.15, 0.2) is 6.29 Å². The van der Waals surface area contributed by atoms with E-state index in [2.05, 4.69) is 19.6 Å². The maximum atomic E-state index is 13.6. The molecule has 5 unspecified atom stereocenters. The van der Waals surface area contributed by atoms with E-state index in [-0.39, 0.29) is 36.6 Å². The largest absolute Gasteiger partial charge is 0.481 e. The van der Waals surface area contributed by atoms with Crippen molar-refractivity contribution in [1.29, 1.82) is 0 Å². The first-order valence-electron chi connectivity index (χ1n) is 14.7. The molecular formula is C31H46FNO6. The molecule has 4 aliphatic carbocycles. The van der Waals surface area contributed by atoms with Crippen LogP contribution < -0.4 is 0 Å². The van der Waals surface area contributed by atoms with Gasteiger partial charge >= 0.3 is 5.97 Å². The summed E-state index contributed by atoms with van der Waals surface area (Å²) in [7, 11) is 1.64. The molecule has 0 radical (unpaired) electrons. The Labute approximate surface area is 232 Å². The molecule has 1 N–H and O–H groups in total. The molecule has 1 aliphatic heterocycles. The van der Waals surface area contributed by atoms with Crippen LogP contribution in [0, 0.1) is 45.8 Å². The lowest BCUT2D eigenvalue weighted by molar-refractivity contribution is -0.219. The Morgan fingerprint density at radius 3 is 2.67 bits per heavy atom. The van der Waals surface area contributed by atoms with Gasteiger partial charge in [-0.2, -0.15) is 0 Å². The molecular weight excluding hydrogens is 501 g/mol. The molecule has 0 aromatic carbocycles. The summed E-state index contributed by atoms with van der Waals surface area (Å²) in [6.07, 6.45) is 5.35. The molecule has 0 aromatic heterocycles. The summed E-state index contributed by atoms with van der Waals surface area (Å²) in [6.45, 7) is 13.1. The molecule has 218 valence electrons. The second-order valence-electron chi connectivity index (χ2n) is 13.4. The molecule has 10 atom stereocenters. The van der Waals surface area contributed by atoms with Gasteiger partial charge in [0.05, 0.1) is 24.2 Å². The highest BCUT2D eigenvalue weighted by molar-refractivity contribution is 5.90. The molecule has 1 heterocycles. The SMILES string of the molecule is C=C(CF)CN1C[C@H](OCC23CC4C(CC[C@H]4C)[C@@]4(C=O)CC2C=C(C(C)C)C34C(=O)O)O[C@H](C)[C@@H](OC)C1. The van der Waals surface area contributed by atoms with Crippen molar-refractivity contribution in [2.45, 2.75) is 71.9 Å². The first-order chi connectivity index (χ1) is 18.5. The predicted molar refractivity (Wildman–Crippen MR) is 145 cm³/mol. The van der Waals surface area contributed by atoms with E-state index in [0.717, 1.165) is 31.1 Å². The fourth-order valence-electron chi connectivity index (χ4n) is 9.78. The Bertz CT molecular complexity index is 1030. The van der Waals surface area contributed by atoms with E-state index < -0.39 is 35.2 Å². The quantitative estimate of drug-likeness (QED) is 0.318. The van der Waals surface area contributed by atoms with Gasteiger partial charge in [0.1, 0.15) is 18.4 Å². The van der Waals surface area contributed by atoms with E-state index in [0.29, 0.717) is 43.5 Å². The number of allylic oxidation sites excluding steroid dienone is 1. The maximum absolute atomic E-state index is 13.6. The summed E-state index contributed by atoms with van der Waals surface area (Å²) in [5.74, 6) is -0.0798. The molecule has 0 amide bonds. The van der Waals surface area contributed by atoms with Crippen LogP contribution in [0.1, 0.15) is 53.4 Å². The van der Waals surface area contributed by atoms with E-state index in [4.69, 9.17) is 14.2 Å². The van der Waals surface area contributed by atoms with Crippen LogP contribution >= 0.6 is 0 Å². The average molecular weight is 548 g/mol. The van der Waals surface area contributed by atoms with Gasteiger partial charge < -0.3 is 24.1 Å². The monoisotopic (exact) mass is 547 g/mol. The normalized spacial score (nSPS) is 45.2. The van der Waals surface area contributed by atoms with Crippen LogP contribution in [0.5, 0.6) is 0 Å². The lowest BCUT2D eigenvalue weighted by Crippen LogP contribution is -2.63. The van der Waals surface area contributed by atoms with Crippen molar-refractivity contribution in [2.24, 2.45) is 45.8 Å². The van der Waals surface area contributed by atoms with Crippen molar-refractivity contribution < 1.29 is 33.3 Å². The maximum Gasteiger partial charge on any atom is 0.315 e. The molecule has 5 aliphatic rings. The highest BCUT2D eigenvalue weighted by Crippen LogP contribution is 2.82. The predicted octanol–water partition coefficient (Wildman–Crippen LogP) is 4.52. The summed E-state index contributed by atoms with van der Waals surface area (Å²) in [4.78, 5) is 28.9. The minimum Gasteiger partial charge on any atom is -0.481 e. The summed E-state index contributed by atoms with van der Waals surface area (Å²) in [5, 5.41) is 11.2. The summed E-state index contributed by atoms with van der Waals surface area (Å²) >= 11 is 0. The molecule has 5 rings (SSSR count). The van der Waals surface area contributed by atoms with Crippen molar-refractivity contribution in [3.8, 4) is 0 Å². The number of alkyl halides is 1. The minimum absolute atomic E-state index is 0.0132. The van der Waals surface area contributed by atoms with E-state index in [1.807, 2.05) is 25.7 Å². The molecule has 0 aromatic rings. The number of ether oxygens (including phenoxy) is 3. The van der Waals surface area contributed by atoms with Crippen molar-refractivity contribution in [1.82, 2.24) is 4.90 Å². The van der Waals surface area contributed by atoms with Crippen LogP contribution in [-0.2, 0) is 23.8 Å². The zero-order valence-electron chi connectivity index (χ0n) is 24.2. The van der Waals surface area contributed by atoms with Crippen molar-refractivity contribution in [3.63, 3.8) is 0 Å². The fourth-order valence-corrected chi connectivity index (χ4v) is 9.78. The number of carbonyl (C=O) groups excluding carboxylic acids is 1. The minimum atomic E-state index is -1.28. The molecule has 39 heavy (non-hydrogen) atoms. The van der Waals surface area contributed by atoms with Gasteiger partial charge in [-0.05, 0) is 61.3 Å². The number of hydrogen-bond donors (Lipinski definition) is 1. The third-order valence-corrected chi connectivity index (χ3v) is 11.3. The average Bonchev–Trinajstić information content (AvgIpc) is 3.42.